The van der Waals surface area contributed by atoms with Crippen LogP contribution in [0, 0.1) is 0 Å². The largest absolute Gasteiger partial charge is 0.399 e. The zero-order valence-electron chi connectivity index (χ0n) is 10.2. The Labute approximate surface area is 105 Å². The molecule has 18 heavy (non-hydrogen) atoms. The number of nitrogens with zero attached hydrogens (tertiary/aromatic N) is 1. The van der Waals surface area contributed by atoms with Crippen molar-refractivity contribution in [2.75, 3.05) is 37.3 Å². The molecule has 0 unspecified atom stereocenters. The molecule has 4 N–H and O–H groups in total. The van der Waals surface area contributed by atoms with Gasteiger partial charge in [0.15, 0.2) is 0 Å². The fraction of sp³-hybridized carbons (Fsp3) is 0.333. The number of hydrogen-bond acceptors (Lipinski definition) is 4. The first kappa shape index (κ1) is 12.2. The van der Waals surface area contributed by atoms with Crippen LogP contribution in [0.2, 0.25) is 0 Å². The molecule has 1 aliphatic rings. The van der Waals surface area contributed by atoms with E-state index in [0.717, 1.165) is 0 Å². The number of carbonyl (C=O) groups is 2. The van der Waals surface area contributed by atoms with E-state index in [1.165, 1.54) is 0 Å². The van der Waals surface area contributed by atoms with Crippen LogP contribution in [0.3, 0.4) is 0 Å². The Morgan fingerprint density at radius 2 is 2.28 bits per heavy atom. The number of rotatable bonds is 2. The maximum absolute atomic E-state index is 11.8. The zero-order valence-corrected chi connectivity index (χ0v) is 10.2. The highest BCUT2D eigenvalue weighted by Gasteiger charge is 2.21. The zero-order chi connectivity index (χ0) is 13.1. The van der Waals surface area contributed by atoms with E-state index in [1.807, 2.05) is 4.90 Å². The summed E-state index contributed by atoms with van der Waals surface area (Å²) >= 11 is 0. The summed E-state index contributed by atoms with van der Waals surface area (Å²) in [5.41, 5.74) is 7.55. The monoisotopic (exact) mass is 248 g/mol. The Hall–Kier alpha value is -2.24. The number of piperazine rings is 1. The predicted molar refractivity (Wildman–Crippen MR) is 69.5 cm³/mol. The molecule has 1 heterocycles. The Morgan fingerprint density at radius 3 is 2.94 bits per heavy atom. The number of nitrogens with two attached hydrogens (primary N) is 1. The van der Waals surface area contributed by atoms with Crippen molar-refractivity contribution in [3.05, 3.63) is 23.8 Å². The maximum atomic E-state index is 11.8. The smallest absolute Gasteiger partial charge is 0.253 e. The second-order valence-electron chi connectivity index (χ2n) is 4.13. The highest BCUT2D eigenvalue weighted by atomic mass is 16.2. The lowest BCUT2D eigenvalue weighted by molar-refractivity contribution is -0.120. The molecule has 6 nitrogen and oxygen atoms in total. The second kappa shape index (κ2) is 4.95. The Balaban J connectivity index is 2.37. The van der Waals surface area contributed by atoms with Crippen LogP contribution in [-0.4, -0.2) is 38.5 Å². The van der Waals surface area contributed by atoms with Crippen molar-refractivity contribution < 1.29 is 9.59 Å². The van der Waals surface area contributed by atoms with Gasteiger partial charge in [-0.25, -0.2) is 0 Å². The first-order valence-electron chi connectivity index (χ1n) is 5.75. The van der Waals surface area contributed by atoms with Gasteiger partial charge < -0.3 is 21.3 Å². The number of nitrogens with one attached hydrogen (secondary N) is 2. The third-order valence-electron chi connectivity index (χ3n) is 2.87. The van der Waals surface area contributed by atoms with Crippen molar-refractivity contribution in [1.82, 2.24) is 10.6 Å². The van der Waals surface area contributed by atoms with E-state index in [1.54, 1.807) is 25.2 Å². The van der Waals surface area contributed by atoms with Crippen LogP contribution in [0.1, 0.15) is 10.4 Å². The molecular formula is C12H16N4O2. The summed E-state index contributed by atoms with van der Waals surface area (Å²) in [4.78, 5) is 25.0. The molecule has 0 saturated carbocycles. The Bertz CT molecular complexity index is 487. The summed E-state index contributed by atoms with van der Waals surface area (Å²) in [6.45, 7) is 1.48. The number of hydrogen-bond donors (Lipinski definition) is 3. The van der Waals surface area contributed by atoms with E-state index < -0.39 is 0 Å². The van der Waals surface area contributed by atoms with E-state index in [9.17, 15) is 9.59 Å². The first-order chi connectivity index (χ1) is 8.61. The molecule has 1 aliphatic heterocycles. The summed E-state index contributed by atoms with van der Waals surface area (Å²) in [6, 6.07) is 5.08. The van der Waals surface area contributed by atoms with Gasteiger partial charge in [-0.2, -0.15) is 0 Å². The van der Waals surface area contributed by atoms with Crippen molar-refractivity contribution in [3.63, 3.8) is 0 Å². The van der Waals surface area contributed by atoms with E-state index in [0.29, 0.717) is 30.0 Å². The maximum Gasteiger partial charge on any atom is 0.253 e. The summed E-state index contributed by atoms with van der Waals surface area (Å²) < 4.78 is 0. The van der Waals surface area contributed by atoms with E-state index in [2.05, 4.69) is 10.6 Å². The normalized spacial score (nSPS) is 15.2. The van der Waals surface area contributed by atoms with E-state index in [4.69, 9.17) is 5.73 Å². The van der Waals surface area contributed by atoms with Gasteiger partial charge in [-0.05, 0) is 18.2 Å². The summed E-state index contributed by atoms with van der Waals surface area (Å²) in [6.07, 6.45) is 0. The van der Waals surface area contributed by atoms with Gasteiger partial charge >= 0.3 is 0 Å². The van der Waals surface area contributed by atoms with E-state index in [-0.39, 0.29) is 18.4 Å². The summed E-state index contributed by atoms with van der Waals surface area (Å²) in [5.74, 6) is -0.234. The SMILES string of the molecule is CNC(=O)c1ccc(N)cc1N1CCNC(=O)C1. The molecule has 1 aromatic rings. The molecule has 0 bridgehead atoms. The van der Waals surface area contributed by atoms with Gasteiger partial charge in [0.25, 0.3) is 5.91 Å². The van der Waals surface area contributed by atoms with Crippen molar-refractivity contribution >= 4 is 23.2 Å². The third kappa shape index (κ3) is 2.37. The number of carbonyl (C=O) groups excluding carboxylic acids is 2. The molecular weight excluding hydrogens is 232 g/mol. The molecule has 2 amide bonds. The summed E-state index contributed by atoms with van der Waals surface area (Å²) in [7, 11) is 1.57. The minimum Gasteiger partial charge on any atom is -0.399 e. The van der Waals surface area contributed by atoms with E-state index >= 15 is 0 Å². The molecule has 0 atom stereocenters. The molecule has 96 valence electrons. The predicted octanol–water partition coefficient (Wildman–Crippen LogP) is -0.435. The molecule has 0 spiro atoms. The molecule has 0 radical (unpaired) electrons. The number of benzene rings is 1. The second-order valence-corrected chi connectivity index (χ2v) is 4.13. The molecule has 0 aliphatic carbocycles. The topological polar surface area (TPSA) is 87.5 Å². The standard InChI is InChI=1S/C12H16N4O2/c1-14-12(18)9-3-2-8(13)6-10(9)16-5-4-15-11(17)7-16/h2-3,6H,4-5,7,13H2,1H3,(H,14,18)(H,15,17). The lowest BCUT2D eigenvalue weighted by Crippen LogP contribution is -2.48. The molecule has 1 aromatic carbocycles. The molecule has 1 saturated heterocycles. The van der Waals surface area contributed by atoms with Crippen LogP contribution in [-0.2, 0) is 4.79 Å². The Morgan fingerprint density at radius 1 is 1.50 bits per heavy atom. The van der Waals surface area contributed by atoms with Crippen LogP contribution >= 0.6 is 0 Å². The highest BCUT2D eigenvalue weighted by Crippen LogP contribution is 2.24. The lowest BCUT2D eigenvalue weighted by atomic mass is 10.1. The van der Waals surface area contributed by atoms with Crippen LogP contribution in [0.4, 0.5) is 11.4 Å². The van der Waals surface area contributed by atoms with Crippen LogP contribution in [0.5, 0.6) is 0 Å². The molecule has 2 rings (SSSR count). The van der Waals surface area contributed by atoms with Gasteiger partial charge in [0, 0.05) is 25.8 Å². The van der Waals surface area contributed by atoms with Crippen LogP contribution < -0.4 is 21.3 Å². The number of anilines is 2. The Kier molecular flexibility index (Phi) is 3.36. The van der Waals surface area contributed by atoms with Gasteiger partial charge in [-0.1, -0.05) is 0 Å². The number of amides is 2. The first-order valence-corrected chi connectivity index (χ1v) is 5.75. The van der Waals surface area contributed by atoms with Gasteiger partial charge in [0.2, 0.25) is 5.91 Å². The van der Waals surface area contributed by atoms with Gasteiger partial charge in [0.1, 0.15) is 0 Å². The van der Waals surface area contributed by atoms with Crippen LogP contribution in [0.25, 0.3) is 0 Å². The lowest BCUT2D eigenvalue weighted by Gasteiger charge is -2.30. The minimum absolute atomic E-state index is 0.0495. The highest BCUT2D eigenvalue weighted by molar-refractivity contribution is 6.01. The van der Waals surface area contributed by atoms with Crippen molar-refractivity contribution in [1.29, 1.82) is 0 Å². The van der Waals surface area contributed by atoms with Crippen LogP contribution in [0.15, 0.2) is 18.2 Å². The van der Waals surface area contributed by atoms with Crippen molar-refractivity contribution in [2.45, 2.75) is 0 Å². The average Bonchev–Trinajstić information content (AvgIpc) is 2.38. The van der Waals surface area contributed by atoms with Gasteiger partial charge in [-0.15, -0.1) is 0 Å². The molecule has 0 aromatic heterocycles. The molecule has 6 heteroatoms. The van der Waals surface area contributed by atoms with Gasteiger partial charge in [0.05, 0.1) is 17.8 Å². The molecule has 1 fully saturated rings. The van der Waals surface area contributed by atoms with Crippen molar-refractivity contribution in [2.24, 2.45) is 0 Å². The van der Waals surface area contributed by atoms with Crippen molar-refractivity contribution in [3.8, 4) is 0 Å². The fourth-order valence-electron chi connectivity index (χ4n) is 1.98. The summed E-state index contributed by atoms with van der Waals surface area (Å²) in [5, 5.41) is 5.33. The van der Waals surface area contributed by atoms with Gasteiger partial charge in [-0.3, -0.25) is 9.59 Å². The quantitative estimate of drug-likeness (QED) is 0.619. The fourth-order valence-corrected chi connectivity index (χ4v) is 1.98. The third-order valence-corrected chi connectivity index (χ3v) is 2.87. The number of nitrogen functional groups attached to an aromatic ring is 1. The minimum atomic E-state index is -0.184. The average molecular weight is 248 g/mol.